The molecule has 0 saturated heterocycles. The van der Waals surface area contributed by atoms with Crippen LogP contribution in [-0.4, -0.2) is 21.1 Å². The Morgan fingerprint density at radius 2 is 2.17 bits per heavy atom. The maximum atomic E-state index is 12.0. The normalized spacial score (nSPS) is 11.0. The Morgan fingerprint density at radius 3 is 3.04 bits per heavy atom. The van der Waals surface area contributed by atoms with Crippen LogP contribution in [0.5, 0.6) is 0 Å². The number of nitrogens with one attached hydrogen (secondary N) is 1. The third-order valence-electron chi connectivity index (χ3n) is 3.58. The van der Waals surface area contributed by atoms with E-state index in [1.807, 2.05) is 48.0 Å². The topological polar surface area (TPSA) is 81.0 Å². The zero-order chi connectivity index (χ0) is 16.4. The average molecular weight is 339 g/mol. The molecule has 24 heavy (non-hydrogen) atoms. The van der Waals surface area contributed by atoms with E-state index in [0.29, 0.717) is 5.82 Å². The van der Waals surface area contributed by atoms with E-state index in [-0.39, 0.29) is 24.9 Å². The summed E-state index contributed by atoms with van der Waals surface area (Å²) in [5, 5.41) is 6.84. The number of hydrogen-bond donors (Lipinski definition) is 1. The van der Waals surface area contributed by atoms with Gasteiger partial charge in [-0.25, -0.2) is 0 Å². The van der Waals surface area contributed by atoms with E-state index in [1.165, 1.54) is 11.3 Å². The minimum absolute atomic E-state index is 0.0282. The minimum Gasteiger partial charge on any atom is -0.455 e. The Bertz CT molecular complexity index is 972. The van der Waals surface area contributed by atoms with Gasteiger partial charge in [0.1, 0.15) is 0 Å². The molecule has 0 radical (unpaired) electrons. The van der Waals surface area contributed by atoms with Gasteiger partial charge in [0.2, 0.25) is 5.82 Å². The lowest BCUT2D eigenvalue weighted by Crippen LogP contribution is -2.07. The quantitative estimate of drug-likeness (QED) is 0.562. The maximum absolute atomic E-state index is 12.0. The van der Waals surface area contributed by atoms with Crippen LogP contribution in [0.3, 0.4) is 0 Å². The third-order valence-corrected chi connectivity index (χ3v) is 4.44. The summed E-state index contributed by atoms with van der Waals surface area (Å²) in [6.07, 6.45) is 2.02. The molecule has 7 heteroatoms. The van der Waals surface area contributed by atoms with Gasteiger partial charge >= 0.3 is 5.97 Å². The number of H-pyrrole nitrogens is 1. The lowest BCUT2D eigenvalue weighted by Gasteiger charge is -2.01. The number of ether oxygens (including phenoxy) is 1. The lowest BCUT2D eigenvalue weighted by molar-refractivity contribution is -0.144. The van der Waals surface area contributed by atoms with Crippen LogP contribution in [0.1, 0.15) is 11.5 Å². The number of fused-ring (bicyclic) bond motifs is 1. The van der Waals surface area contributed by atoms with Crippen molar-refractivity contribution in [2.75, 3.05) is 0 Å². The summed E-state index contributed by atoms with van der Waals surface area (Å²) >= 11 is 1.52. The summed E-state index contributed by atoms with van der Waals surface area (Å²) in [5.74, 6) is 0.453. The molecule has 0 spiro atoms. The Kier molecular flexibility index (Phi) is 3.84. The molecule has 0 aliphatic rings. The van der Waals surface area contributed by atoms with Gasteiger partial charge in [0.25, 0.3) is 5.89 Å². The van der Waals surface area contributed by atoms with Gasteiger partial charge in [-0.05, 0) is 23.1 Å². The van der Waals surface area contributed by atoms with Crippen LogP contribution in [0.4, 0.5) is 0 Å². The fourth-order valence-corrected chi connectivity index (χ4v) is 3.10. The Morgan fingerprint density at radius 1 is 1.25 bits per heavy atom. The van der Waals surface area contributed by atoms with Gasteiger partial charge in [0.15, 0.2) is 6.61 Å². The molecular weight excluding hydrogens is 326 g/mol. The van der Waals surface area contributed by atoms with Gasteiger partial charge in [-0.15, -0.1) is 11.3 Å². The van der Waals surface area contributed by atoms with E-state index in [0.717, 1.165) is 21.3 Å². The molecule has 3 heterocycles. The highest BCUT2D eigenvalue weighted by Crippen LogP contribution is 2.22. The predicted molar refractivity (Wildman–Crippen MR) is 89.4 cm³/mol. The summed E-state index contributed by atoms with van der Waals surface area (Å²) in [6.45, 7) is -0.0282. The number of esters is 1. The van der Waals surface area contributed by atoms with Crippen molar-refractivity contribution in [3.8, 4) is 10.7 Å². The lowest BCUT2D eigenvalue weighted by atomic mass is 10.1. The highest BCUT2D eigenvalue weighted by atomic mass is 32.1. The molecule has 0 amide bonds. The Balaban J connectivity index is 1.38. The second kappa shape index (κ2) is 6.29. The number of para-hydroxylation sites is 1. The Labute approximate surface area is 141 Å². The van der Waals surface area contributed by atoms with Gasteiger partial charge < -0.3 is 14.2 Å². The molecule has 0 fully saturated rings. The fraction of sp³-hybridized carbons (Fsp3) is 0.118. The highest BCUT2D eigenvalue weighted by molar-refractivity contribution is 7.13. The second-order valence-electron chi connectivity index (χ2n) is 5.19. The number of thiophene rings is 1. The SMILES string of the molecule is O=C(Cc1c[nH]c2ccccc12)OCc1nc(-c2cccs2)no1. The molecule has 4 rings (SSSR count). The first-order chi connectivity index (χ1) is 11.8. The van der Waals surface area contributed by atoms with Gasteiger partial charge in [-0.2, -0.15) is 4.98 Å². The van der Waals surface area contributed by atoms with Crippen molar-refractivity contribution in [2.24, 2.45) is 0 Å². The van der Waals surface area contributed by atoms with Gasteiger partial charge in [0.05, 0.1) is 11.3 Å². The van der Waals surface area contributed by atoms with Crippen molar-refractivity contribution < 1.29 is 14.1 Å². The van der Waals surface area contributed by atoms with Crippen LogP contribution >= 0.6 is 11.3 Å². The molecule has 1 aromatic carbocycles. The molecule has 0 bridgehead atoms. The van der Waals surface area contributed by atoms with Crippen LogP contribution in [0.2, 0.25) is 0 Å². The molecule has 4 aromatic rings. The second-order valence-corrected chi connectivity index (χ2v) is 6.13. The highest BCUT2D eigenvalue weighted by Gasteiger charge is 2.13. The molecule has 0 aliphatic carbocycles. The van der Waals surface area contributed by atoms with E-state index < -0.39 is 0 Å². The summed E-state index contributed by atoms with van der Waals surface area (Å²) in [5.41, 5.74) is 1.90. The summed E-state index contributed by atoms with van der Waals surface area (Å²) in [4.78, 5) is 20.3. The summed E-state index contributed by atoms with van der Waals surface area (Å²) in [7, 11) is 0. The summed E-state index contributed by atoms with van der Waals surface area (Å²) < 4.78 is 10.3. The number of carbonyl (C=O) groups is 1. The molecule has 0 atom stereocenters. The smallest absolute Gasteiger partial charge is 0.310 e. The van der Waals surface area contributed by atoms with Gasteiger partial charge in [-0.3, -0.25) is 4.79 Å². The first kappa shape index (κ1) is 14.6. The van der Waals surface area contributed by atoms with Crippen molar-refractivity contribution in [3.63, 3.8) is 0 Å². The number of rotatable bonds is 5. The number of aromatic nitrogens is 3. The van der Waals surface area contributed by atoms with Crippen LogP contribution in [0.25, 0.3) is 21.6 Å². The van der Waals surface area contributed by atoms with Gasteiger partial charge in [0, 0.05) is 17.1 Å². The fourth-order valence-electron chi connectivity index (χ4n) is 2.45. The molecule has 120 valence electrons. The first-order valence-electron chi connectivity index (χ1n) is 7.36. The molecule has 0 aliphatic heterocycles. The van der Waals surface area contributed by atoms with Crippen LogP contribution in [-0.2, 0) is 22.6 Å². The largest absolute Gasteiger partial charge is 0.455 e. The molecule has 3 aromatic heterocycles. The number of carbonyl (C=O) groups excluding carboxylic acids is 1. The van der Waals surface area contributed by atoms with E-state index in [4.69, 9.17) is 9.26 Å². The van der Waals surface area contributed by atoms with Crippen molar-refractivity contribution in [1.82, 2.24) is 15.1 Å². The van der Waals surface area contributed by atoms with Crippen LogP contribution in [0.15, 0.2) is 52.5 Å². The molecular formula is C17H13N3O3S. The Hall–Kier alpha value is -2.93. The van der Waals surface area contributed by atoms with Crippen molar-refractivity contribution in [3.05, 3.63) is 59.4 Å². The third kappa shape index (κ3) is 2.93. The average Bonchev–Trinajstić information content (AvgIpc) is 3.34. The van der Waals surface area contributed by atoms with E-state index in [1.54, 1.807) is 0 Å². The van der Waals surface area contributed by atoms with Crippen molar-refractivity contribution in [2.45, 2.75) is 13.0 Å². The minimum atomic E-state index is -0.337. The van der Waals surface area contributed by atoms with Gasteiger partial charge in [-0.1, -0.05) is 29.4 Å². The zero-order valence-corrected chi connectivity index (χ0v) is 13.4. The number of benzene rings is 1. The molecule has 0 unspecified atom stereocenters. The standard InChI is InChI=1S/C17H13N3O3S/c21-16(8-11-9-18-13-5-2-1-4-12(11)13)22-10-15-19-17(20-23-15)14-6-3-7-24-14/h1-7,9,18H,8,10H2. The van der Waals surface area contributed by atoms with E-state index >= 15 is 0 Å². The van der Waals surface area contributed by atoms with Crippen molar-refractivity contribution in [1.29, 1.82) is 0 Å². The number of nitrogens with zero attached hydrogens (tertiary/aromatic N) is 2. The molecule has 0 saturated carbocycles. The number of hydrogen-bond acceptors (Lipinski definition) is 6. The monoisotopic (exact) mass is 339 g/mol. The first-order valence-corrected chi connectivity index (χ1v) is 8.24. The predicted octanol–water partition coefficient (Wildman–Crippen LogP) is 3.57. The molecule has 1 N–H and O–H groups in total. The van der Waals surface area contributed by atoms with E-state index in [9.17, 15) is 4.79 Å². The van der Waals surface area contributed by atoms with E-state index in [2.05, 4.69) is 15.1 Å². The number of aromatic amines is 1. The maximum Gasteiger partial charge on any atom is 0.310 e. The van der Waals surface area contributed by atoms with Crippen molar-refractivity contribution >= 4 is 28.2 Å². The zero-order valence-electron chi connectivity index (χ0n) is 12.6. The van der Waals surface area contributed by atoms with Crippen LogP contribution < -0.4 is 0 Å². The molecule has 6 nitrogen and oxygen atoms in total. The summed E-state index contributed by atoms with van der Waals surface area (Å²) in [6, 6.07) is 11.6. The van der Waals surface area contributed by atoms with Crippen LogP contribution in [0, 0.1) is 0 Å².